The summed E-state index contributed by atoms with van der Waals surface area (Å²) in [5, 5.41) is 6.08. The summed E-state index contributed by atoms with van der Waals surface area (Å²) in [6.45, 7) is 8.18. The van der Waals surface area contributed by atoms with Crippen molar-refractivity contribution in [3.8, 4) is 5.75 Å². The lowest BCUT2D eigenvalue weighted by Gasteiger charge is -2.35. The molecule has 58 heavy (non-hydrogen) atoms. The summed E-state index contributed by atoms with van der Waals surface area (Å²) < 4.78 is 13.4. The molecule has 1 unspecified atom stereocenters. The molecule has 4 aliphatic rings. The number of amides is 4. The summed E-state index contributed by atoms with van der Waals surface area (Å²) in [5.41, 5.74) is 2.32. The van der Waals surface area contributed by atoms with Gasteiger partial charge in [0, 0.05) is 56.8 Å². The summed E-state index contributed by atoms with van der Waals surface area (Å²) in [7, 11) is 0. The van der Waals surface area contributed by atoms with Crippen molar-refractivity contribution < 1.29 is 33.4 Å². The van der Waals surface area contributed by atoms with Crippen LogP contribution in [0.15, 0.2) is 47.5 Å². The Labute approximate surface area is 333 Å². The van der Waals surface area contributed by atoms with Crippen LogP contribution in [0.1, 0.15) is 88.1 Å². The molecule has 6 heterocycles. The van der Waals surface area contributed by atoms with Gasteiger partial charge in [-0.05, 0) is 62.9 Å². The first kappa shape index (κ1) is 38.8. The summed E-state index contributed by atoms with van der Waals surface area (Å²) >= 11 is 0. The van der Waals surface area contributed by atoms with Gasteiger partial charge in [-0.1, -0.05) is 18.9 Å². The zero-order chi connectivity index (χ0) is 40.5. The van der Waals surface area contributed by atoms with Crippen molar-refractivity contribution in [1.82, 2.24) is 34.6 Å². The minimum atomic E-state index is -1.04. The number of benzene rings is 1. The lowest BCUT2D eigenvalue weighted by molar-refractivity contribution is -0.136. The maximum Gasteiger partial charge on any atom is 0.266 e. The Balaban J connectivity index is 0.796. The molecular weight excluding hydrogens is 747 g/mol. The van der Waals surface area contributed by atoms with Gasteiger partial charge < -0.3 is 19.7 Å². The number of hydrogen-bond donors (Lipinski definition) is 2. The number of nitrogens with zero attached hydrogens (tertiary/aromatic N) is 7. The largest absolute Gasteiger partial charge is 0.490 e. The third-order valence-corrected chi connectivity index (χ3v) is 11.4. The molecule has 17 nitrogen and oxygen atoms in total. The van der Waals surface area contributed by atoms with E-state index in [1.165, 1.54) is 13.0 Å². The van der Waals surface area contributed by atoms with Gasteiger partial charge >= 0.3 is 0 Å². The van der Waals surface area contributed by atoms with E-state index in [9.17, 15) is 28.8 Å². The van der Waals surface area contributed by atoms with E-state index >= 15 is 0 Å². The minimum Gasteiger partial charge on any atom is -0.490 e. The lowest BCUT2D eigenvalue weighted by atomic mass is 10.0. The van der Waals surface area contributed by atoms with Crippen molar-refractivity contribution in [2.24, 2.45) is 0 Å². The average molecular weight is 792 g/mol. The van der Waals surface area contributed by atoms with E-state index in [0.717, 1.165) is 69.0 Å². The fourth-order valence-electron chi connectivity index (χ4n) is 8.41. The van der Waals surface area contributed by atoms with Crippen molar-refractivity contribution in [2.75, 3.05) is 62.8 Å². The smallest absolute Gasteiger partial charge is 0.266 e. The summed E-state index contributed by atoms with van der Waals surface area (Å²) in [6.07, 6.45) is 7.42. The molecule has 2 N–H and O–H groups in total. The van der Waals surface area contributed by atoms with Crippen molar-refractivity contribution in [3.63, 3.8) is 0 Å². The topological polar surface area (TPSA) is 198 Å². The number of aromatic nitrogens is 4. The van der Waals surface area contributed by atoms with E-state index in [-0.39, 0.29) is 65.9 Å². The number of nitrogens with one attached hydrogen (secondary N) is 2. The van der Waals surface area contributed by atoms with E-state index in [0.29, 0.717) is 35.0 Å². The van der Waals surface area contributed by atoms with Crippen LogP contribution in [0.2, 0.25) is 0 Å². The molecule has 1 aliphatic carbocycles. The Morgan fingerprint density at radius 3 is 2.43 bits per heavy atom. The van der Waals surface area contributed by atoms with Gasteiger partial charge in [0.25, 0.3) is 17.4 Å². The number of ketones is 1. The molecule has 1 aromatic carbocycles. The van der Waals surface area contributed by atoms with Crippen LogP contribution in [0, 0.1) is 6.92 Å². The molecule has 3 aromatic heterocycles. The van der Waals surface area contributed by atoms with E-state index < -0.39 is 29.7 Å². The van der Waals surface area contributed by atoms with E-state index in [1.54, 1.807) is 29.8 Å². The van der Waals surface area contributed by atoms with Crippen LogP contribution in [-0.2, 0) is 14.3 Å². The third kappa shape index (κ3) is 7.54. The van der Waals surface area contributed by atoms with Crippen LogP contribution >= 0.6 is 0 Å². The Morgan fingerprint density at radius 1 is 0.914 bits per heavy atom. The first-order chi connectivity index (χ1) is 28.1. The number of ether oxygens (including phenoxy) is 2. The van der Waals surface area contributed by atoms with Gasteiger partial charge in [0.05, 0.1) is 41.8 Å². The summed E-state index contributed by atoms with van der Waals surface area (Å²) in [5.74, 6) is -1.39. The SMILES string of the molecule is CC(=O)c1c(C)c2cnc(Nc3ccc(N4CCN(CCOCCOc5cccc6c5C(=O)N(C5CCC(=O)NC5=O)C6=O)CC4)cn3)nc2n(C2CCCC2)c1=O. The normalized spacial score (nSPS) is 18.9. The number of aryl methyl sites for hydroxylation is 1. The highest BCUT2D eigenvalue weighted by molar-refractivity contribution is 6.24. The zero-order valence-corrected chi connectivity index (χ0v) is 32.5. The van der Waals surface area contributed by atoms with Crippen molar-refractivity contribution in [1.29, 1.82) is 0 Å². The fraction of sp³-hybridized carbons (Fsp3) is 0.439. The number of rotatable bonds is 13. The molecule has 8 rings (SSSR count). The average Bonchev–Trinajstić information content (AvgIpc) is 3.83. The number of Topliss-reactive ketones (excluding diaryl/α,β-unsaturated/α-hetero) is 1. The van der Waals surface area contributed by atoms with Gasteiger partial charge in [0.1, 0.15) is 29.9 Å². The van der Waals surface area contributed by atoms with Crippen molar-refractivity contribution >= 4 is 57.9 Å². The number of hydrogen-bond acceptors (Lipinski definition) is 14. The maximum atomic E-state index is 13.5. The molecule has 4 amide bonds. The van der Waals surface area contributed by atoms with Gasteiger partial charge in [0.15, 0.2) is 5.78 Å². The number of imide groups is 2. The lowest BCUT2D eigenvalue weighted by Crippen LogP contribution is -2.54. The number of pyridine rings is 2. The van der Waals surface area contributed by atoms with Crippen LogP contribution in [0.4, 0.5) is 17.5 Å². The number of carbonyl (C=O) groups excluding carboxylic acids is 5. The molecule has 1 atom stereocenters. The Kier molecular flexibility index (Phi) is 11.0. The molecule has 302 valence electrons. The number of piperazine rings is 1. The molecule has 3 aliphatic heterocycles. The molecule has 0 spiro atoms. The van der Waals surface area contributed by atoms with Gasteiger partial charge in [-0.2, -0.15) is 4.98 Å². The van der Waals surface area contributed by atoms with Crippen LogP contribution in [0.3, 0.4) is 0 Å². The fourth-order valence-corrected chi connectivity index (χ4v) is 8.41. The van der Waals surface area contributed by atoms with E-state index in [4.69, 9.17) is 14.5 Å². The van der Waals surface area contributed by atoms with E-state index in [2.05, 4.69) is 30.4 Å². The second-order valence-electron chi connectivity index (χ2n) is 15.0. The molecular formula is C41H45N9O8. The van der Waals surface area contributed by atoms with Crippen molar-refractivity contribution in [2.45, 2.75) is 64.5 Å². The molecule has 17 heteroatoms. The minimum absolute atomic E-state index is 0.00377. The Hall–Kier alpha value is -6.07. The Morgan fingerprint density at radius 2 is 1.71 bits per heavy atom. The molecule has 1 saturated carbocycles. The number of carbonyl (C=O) groups is 5. The monoisotopic (exact) mass is 791 g/mol. The predicted octanol–water partition coefficient (Wildman–Crippen LogP) is 3.18. The molecule has 2 saturated heterocycles. The summed E-state index contributed by atoms with van der Waals surface area (Å²) in [4.78, 5) is 95.7. The molecule has 4 aromatic rings. The zero-order valence-electron chi connectivity index (χ0n) is 32.5. The van der Waals surface area contributed by atoms with Gasteiger partial charge in [-0.25, -0.2) is 9.97 Å². The predicted molar refractivity (Wildman–Crippen MR) is 212 cm³/mol. The third-order valence-electron chi connectivity index (χ3n) is 11.4. The van der Waals surface area contributed by atoms with Crippen molar-refractivity contribution in [3.05, 3.63) is 75.3 Å². The first-order valence-corrected chi connectivity index (χ1v) is 19.8. The number of fused-ring (bicyclic) bond motifs is 2. The van der Waals surface area contributed by atoms with Crippen LogP contribution in [0.25, 0.3) is 11.0 Å². The maximum absolute atomic E-state index is 13.5. The second-order valence-corrected chi connectivity index (χ2v) is 15.0. The highest BCUT2D eigenvalue weighted by atomic mass is 16.5. The van der Waals surface area contributed by atoms with E-state index in [1.807, 2.05) is 18.3 Å². The highest BCUT2D eigenvalue weighted by Crippen LogP contribution is 2.34. The Bertz CT molecular complexity index is 2350. The van der Waals surface area contributed by atoms with Crippen LogP contribution in [0.5, 0.6) is 5.75 Å². The highest BCUT2D eigenvalue weighted by Gasteiger charge is 2.46. The first-order valence-electron chi connectivity index (χ1n) is 19.8. The van der Waals surface area contributed by atoms with Crippen LogP contribution < -0.4 is 25.8 Å². The molecule has 3 fully saturated rings. The molecule has 0 bridgehead atoms. The quantitative estimate of drug-likeness (QED) is 0.114. The number of piperidine rings is 1. The van der Waals surface area contributed by atoms with Gasteiger partial charge in [-0.15, -0.1) is 0 Å². The molecule has 0 radical (unpaired) electrons. The van der Waals surface area contributed by atoms with Gasteiger partial charge in [0.2, 0.25) is 17.8 Å². The summed E-state index contributed by atoms with van der Waals surface area (Å²) in [6, 6.07) is 7.61. The number of anilines is 3. The second kappa shape index (κ2) is 16.4. The van der Waals surface area contributed by atoms with Gasteiger partial charge in [-0.3, -0.25) is 48.5 Å². The standard InChI is InChI=1S/C41H45N9O8/c1-24-29-23-43-41(46-36(29)49(26-6-3-4-7-26)39(55)34(24)25(2)51)44-32-12-10-27(22-42-32)48-16-14-47(15-17-48)18-19-57-20-21-58-31-9-5-8-28-35(31)40(56)50(38(28)54)30-11-13-33(52)45-37(30)53/h5,8-10,12,22-23,26,30H,3-4,6-7,11,13-21H2,1-2H3,(H,45,52,53)(H,42,43,44,46). The van der Waals surface area contributed by atoms with Crippen LogP contribution in [-0.4, -0.2) is 117 Å².